The van der Waals surface area contributed by atoms with Crippen molar-refractivity contribution in [2.45, 2.75) is 0 Å². The molecule has 1 aromatic heterocycles. The Labute approximate surface area is 108 Å². The highest BCUT2D eigenvalue weighted by Gasteiger charge is 2.07. The van der Waals surface area contributed by atoms with Crippen LogP contribution in [0.3, 0.4) is 0 Å². The summed E-state index contributed by atoms with van der Waals surface area (Å²) >= 11 is 5.80. The van der Waals surface area contributed by atoms with E-state index in [1.165, 1.54) is 12.3 Å². The number of aromatic hydroxyl groups is 1. The van der Waals surface area contributed by atoms with E-state index in [4.69, 9.17) is 11.6 Å². The van der Waals surface area contributed by atoms with E-state index >= 15 is 0 Å². The first-order chi connectivity index (χ1) is 8.66. The number of para-hydroxylation sites is 2. The summed E-state index contributed by atoms with van der Waals surface area (Å²) in [6.07, 6.45) is 1.52. The van der Waals surface area contributed by atoms with Crippen LogP contribution in [0.1, 0.15) is 0 Å². The smallest absolute Gasteiger partial charge is 0.323 e. The van der Waals surface area contributed by atoms with Crippen LogP contribution in [0.2, 0.25) is 5.15 Å². The number of carbonyl (C=O) groups is 1. The largest absolute Gasteiger partial charge is 0.506 e. The Bertz CT molecular complexity index is 525. The van der Waals surface area contributed by atoms with Crippen LogP contribution in [0.15, 0.2) is 42.6 Å². The number of hydrogen-bond donors (Lipinski definition) is 3. The third-order valence-electron chi connectivity index (χ3n) is 2.16. The van der Waals surface area contributed by atoms with Crippen LogP contribution in [-0.4, -0.2) is 16.1 Å². The lowest BCUT2D eigenvalue weighted by atomic mass is 10.3. The number of urea groups is 1. The normalized spacial score (nSPS) is 9.83. The summed E-state index contributed by atoms with van der Waals surface area (Å²) in [5.74, 6) is -0.00932. The Hall–Kier alpha value is -2.27. The van der Waals surface area contributed by atoms with Gasteiger partial charge in [-0.1, -0.05) is 23.7 Å². The average Bonchev–Trinajstić information content (AvgIpc) is 2.35. The maximum absolute atomic E-state index is 11.7. The van der Waals surface area contributed by atoms with Gasteiger partial charge >= 0.3 is 6.03 Å². The summed E-state index contributed by atoms with van der Waals surface area (Å²) in [4.78, 5) is 15.5. The fourth-order valence-electron chi connectivity index (χ4n) is 1.33. The predicted octanol–water partition coefficient (Wildman–Crippen LogP) is 3.08. The molecule has 6 heteroatoms. The number of aromatic nitrogens is 1. The molecule has 2 aromatic rings. The zero-order valence-corrected chi connectivity index (χ0v) is 9.98. The Morgan fingerprint density at radius 1 is 1.11 bits per heavy atom. The molecule has 0 aliphatic rings. The number of pyridine rings is 1. The minimum absolute atomic E-state index is 0.00932. The molecule has 2 rings (SSSR count). The van der Waals surface area contributed by atoms with Gasteiger partial charge in [0, 0.05) is 6.20 Å². The highest BCUT2D eigenvalue weighted by molar-refractivity contribution is 6.32. The molecule has 0 saturated carbocycles. The number of anilines is 2. The molecule has 5 nitrogen and oxygen atoms in total. The van der Waals surface area contributed by atoms with E-state index in [1.54, 1.807) is 30.3 Å². The van der Waals surface area contributed by atoms with E-state index in [-0.39, 0.29) is 10.9 Å². The fourth-order valence-corrected chi connectivity index (χ4v) is 1.50. The number of hydrogen-bond acceptors (Lipinski definition) is 3. The third-order valence-corrected chi connectivity index (χ3v) is 2.46. The first-order valence-corrected chi connectivity index (χ1v) is 5.51. The van der Waals surface area contributed by atoms with Gasteiger partial charge in [-0.05, 0) is 24.3 Å². The number of phenols is 1. The molecule has 18 heavy (non-hydrogen) atoms. The van der Waals surface area contributed by atoms with Crippen LogP contribution in [-0.2, 0) is 0 Å². The first kappa shape index (κ1) is 12.2. The van der Waals surface area contributed by atoms with Gasteiger partial charge in [-0.2, -0.15) is 0 Å². The van der Waals surface area contributed by atoms with E-state index in [1.807, 2.05) is 0 Å². The zero-order valence-electron chi connectivity index (χ0n) is 9.22. The maximum atomic E-state index is 11.7. The minimum atomic E-state index is -0.508. The maximum Gasteiger partial charge on any atom is 0.323 e. The molecule has 0 aliphatic heterocycles. The number of rotatable bonds is 2. The molecule has 0 unspecified atom stereocenters. The zero-order chi connectivity index (χ0) is 13.0. The van der Waals surface area contributed by atoms with Crippen LogP contribution in [0, 0.1) is 0 Å². The van der Waals surface area contributed by atoms with Crippen molar-refractivity contribution in [1.82, 2.24) is 4.98 Å². The van der Waals surface area contributed by atoms with Crippen molar-refractivity contribution in [1.29, 1.82) is 0 Å². The Morgan fingerprint density at radius 3 is 2.50 bits per heavy atom. The van der Waals surface area contributed by atoms with Crippen molar-refractivity contribution >= 4 is 29.0 Å². The second-order valence-corrected chi connectivity index (χ2v) is 3.80. The molecule has 3 N–H and O–H groups in total. The number of benzene rings is 1. The van der Waals surface area contributed by atoms with Gasteiger partial charge in [-0.25, -0.2) is 9.78 Å². The first-order valence-electron chi connectivity index (χ1n) is 5.13. The summed E-state index contributed by atoms with van der Waals surface area (Å²) in [5.41, 5.74) is 0.710. The molecular weight excluding hydrogens is 254 g/mol. The standard InChI is InChI=1S/C12H10ClN3O2/c13-11-9(5-3-7-14-11)16-12(18)15-8-4-1-2-6-10(8)17/h1-7,17H,(H2,15,16,18). The van der Waals surface area contributed by atoms with E-state index in [0.29, 0.717) is 11.4 Å². The van der Waals surface area contributed by atoms with Crippen LogP contribution in [0.25, 0.3) is 0 Å². The minimum Gasteiger partial charge on any atom is -0.506 e. The molecule has 92 valence electrons. The number of carbonyl (C=O) groups excluding carboxylic acids is 1. The molecule has 1 heterocycles. The molecule has 1 aromatic carbocycles. The Morgan fingerprint density at radius 2 is 1.78 bits per heavy atom. The molecule has 0 radical (unpaired) electrons. The molecule has 2 amide bonds. The van der Waals surface area contributed by atoms with E-state index in [2.05, 4.69) is 15.6 Å². The summed E-state index contributed by atoms with van der Waals surface area (Å²) in [5, 5.41) is 14.7. The number of phenolic OH excluding ortho intramolecular Hbond substituents is 1. The molecule has 0 spiro atoms. The van der Waals surface area contributed by atoms with Crippen LogP contribution >= 0.6 is 11.6 Å². The third kappa shape index (κ3) is 2.89. The van der Waals surface area contributed by atoms with Crippen molar-refractivity contribution in [2.24, 2.45) is 0 Å². The highest BCUT2D eigenvalue weighted by Crippen LogP contribution is 2.22. The quantitative estimate of drug-likeness (QED) is 0.576. The van der Waals surface area contributed by atoms with Gasteiger partial charge in [0.15, 0.2) is 5.15 Å². The molecule has 0 fully saturated rings. The molecule has 0 atom stereocenters. The molecule has 0 bridgehead atoms. The van der Waals surface area contributed by atoms with Gasteiger partial charge in [-0.3, -0.25) is 0 Å². The van der Waals surface area contributed by atoms with Gasteiger partial charge in [-0.15, -0.1) is 0 Å². The second kappa shape index (κ2) is 5.37. The number of amides is 2. The van der Waals surface area contributed by atoms with Gasteiger partial charge in [0.1, 0.15) is 5.75 Å². The van der Waals surface area contributed by atoms with Crippen LogP contribution < -0.4 is 10.6 Å². The van der Waals surface area contributed by atoms with Crippen molar-refractivity contribution < 1.29 is 9.90 Å². The molecule has 0 saturated heterocycles. The van der Waals surface area contributed by atoms with Crippen molar-refractivity contribution in [2.75, 3.05) is 10.6 Å². The summed E-state index contributed by atoms with van der Waals surface area (Å²) in [6, 6.07) is 9.20. The van der Waals surface area contributed by atoms with Crippen molar-refractivity contribution in [3.63, 3.8) is 0 Å². The van der Waals surface area contributed by atoms with Gasteiger partial charge in [0.2, 0.25) is 0 Å². The van der Waals surface area contributed by atoms with E-state index in [9.17, 15) is 9.90 Å². The number of halogens is 1. The molecule has 0 aliphatic carbocycles. The lowest BCUT2D eigenvalue weighted by Crippen LogP contribution is -2.19. The Balaban J connectivity index is 2.06. The van der Waals surface area contributed by atoms with Crippen molar-refractivity contribution in [3.8, 4) is 5.75 Å². The van der Waals surface area contributed by atoms with Gasteiger partial charge in [0.05, 0.1) is 11.4 Å². The van der Waals surface area contributed by atoms with E-state index in [0.717, 1.165) is 0 Å². The van der Waals surface area contributed by atoms with Crippen LogP contribution in [0.4, 0.5) is 16.2 Å². The summed E-state index contributed by atoms with van der Waals surface area (Å²) in [6.45, 7) is 0. The predicted molar refractivity (Wildman–Crippen MR) is 70.0 cm³/mol. The second-order valence-electron chi connectivity index (χ2n) is 3.44. The molecular formula is C12H10ClN3O2. The monoisotopic (exact) mass is 263 g/mol. The number of nitrogens with zero attached hydrogens (tertiary/aromatic N) is 1. The highest BCUT2D eigenvalue weighted by atomic mass is 35.5. The van der Waals surface area contributed by atoms with Crippen LogP contribution in [0.5, 0.6) is 5.75 Å². The lowest BCUT2D eigenvalue weighted by molar-refractivity contribution is 0.262. The fraction of sp³-hybridized carbons (Fsp3) is 0. The van der Waals surface area contributed by atoms with E-state index < -0.39 is 6.03 Å². The Kier molecular flexibility index (Phi) is 3.64. The van der Waals surface area contributed by atoms with Gasteiger partial charge in [0.25, 0.3) is 0 Å². The average molecular weight is 264 g/mol. The lowest BCUT2D eigenvalue weighted by Gasteiger charge is -2.09. The summed E-state index contributed by atoms with van der Waals surface area (Å²) in [7, 11) is 0. The van der Waals surface area contributed by atoms with Crippen molar-refractivity contribution in [3.05, 3.63) is 47.7 Å². The summed E-state index contributed by atoms with van der Waals surface area (Å²) < 4.78 is 0. The topological polar surface area (TPSA) is 74.2 Å². The number of nitrogens with one attached hydrogen (secondary N) is 2. The SMILES string of the molecule is O=C(Nc1ccccc1O)Nc1cccnc1Cl. The van der Waals surface area contributed by atoms with Gasteiger partial charge < -0.3 is 15.7 Å².